The molecule has 4 nitrogen and oxygen atoms in total. The van der Waals surface area contributed by atoms with Gasteiger partial charge in [-0.2, -0.15) is 5.10 Å². The van der Waals surface area contributed by atoms with Gasteiger partial charge in [-0.15, -0.1) is 0 Å². The first-order valence-corrected chi connectivity index (χ1v) is 9.47. The van der Waals surface area contributed by atoms with Gasteiger partial charge in [0.2, 0.25) is 0 Å². The molecule has 26 heavy (non-hydrogen) atoms. The summed E-state index contributed by atoms with van der Waals surface area (Å²) in [7, 11) is 0. The number of nitrogens with zero attached hydrogens (tertiary/aromatic N) is 2. The molecule has 2 N–H and O–H groups in total. The smallest absolute Gasteiger partial charge is 0.191 e. The predicted molar refractivity (Wildman–Crippen MR) is 117 cm³/mol. The molecule has 0 spiro atoms. The summed E-state index contributed by atoms with van der Waals surface area (Å²) in [6.07, 6.45) is 2.92. The van der Waals surface area contributed by atoms with Gasteiger partial charge in [0.05, 0.1) is 6.21 Å². The second kappa shape index (κ2) is 9.92. The molecule has 0 aliphatic rings. The SMILES string of the molecule is CCCN(CC)c1ccc(/C=N\NC(=S)Nc2cccc(C)c2C)cc1. The summed E-state index contributed by atoms with van der Waals surface area (Å²) in [6.45, 7) is 10.6. The highest BCUT2D eigenvalue weighted by Crippen LogP contribution is 2.18. The Morgan fingerprint density at radius 1 is 1.12 bits per heavy atom. The molecule has 0 atom stereocenters. The molecular formula is C21H28N4S. The van der Waals surface area contributed by atoms with Crippen LogP contribution in [0.2, 0.25) is 0 Å². The van der Waals surface area contributed by atoms with E-state index in [1.54, 1.807) is 6.21 Å². The molecule has 138 valence electrons. The van der Waals surface area contributed by atoms with Gasteiger partial charge < -0.3 is 10.2 Å². The zero-order valence-electron chi connectivity index (χ0n) is 16.0. The van der Waals surface area contributed by atoms with Gasteiger partial charge in [-0.05, 0) is 74.3 Å². The summed E-state index contributed by atoms with van der Waals surface area (Å²) in [6, 6.07) is 14.5. The third-order valence-electron chi connectivity index (χ3n) is 4.37. The molecule has 2 aromatic rings. The van der Waals surface area contributed by atoms with Crippen LogP contribution in [0.5, 0.6) is 0 Å². The van der Waals surface area contributed by atoms with Crippen molar-refractivity contribution in [3.05, 3.63) is 59.2 Å². The summed E-state index contributed by atoms with van der Waals surface area (Å²) < 4.78 is 0. The predicted octanol–water partition coefficient (Wildman–Crippen LogP) is 4.86. The summed E-state index contributed by atoms with van der Waals surface area (Å²) in [5, 5.41) is 7.89. The van der Waals surface area contributed by atoms with Crippen molar-refractivity contribution in [2.45, 2.75) is 34.1 Å². The quantitative estimate of drug-likeness (QED) is 0.416. The minimum Gasteiger partial charge on any atom is -0.372 e. The van der Waals surface area contributed by atoms with Crippen molar-refractivity contribution >= 4 is 34.9 Å². The topological polar surface area (TPSA) is 39.7 Å². The monoisotopic (exact) mass is 368 g/mol. The first-order valence-electron chi connectivity index (χ1n) is 9.06. The van der Waals surface area contributed by atoms with Crippen LogP contribution in [0.4, 0.5) is 11.4 Å². The zero-order chi connectivity index (χ0) is 18.9. The van der Waals surface area contributed by atoms with E-state index >= 15 is 0 Å². The van der Waals surface area contributed by atoms with E-state index in [2.05, 4.69) is 78.8 Å². The Morgan fingerprint density at radius 3 is 2.50 bits per heavy atom. The molecular weight excluding hydrogens is 340 g/mol. The molecule has 5 heteroatoms. The number of nitrogens with one attached hydrogen (secondary N) is 2. The van der Waals surface area contributed by atoms with E-state index in [0.29, 0.717) is 5.11 Å². The van der Waals surface area contributed by atoms with Gasteiger partial charge in [-0.3, -0.25) is 5.43 Å². The van der Waals surface area contributed by atoms with E-state index in [1.807, 2.05) is 12.1 Å². The Balaban J connectivity index is 1.91. The van der Waals surface area contributed by atoms with Crippen LogP contribution in [0.3, 0.4) is 0 Å². The lowest BCUT2D eigenvalue weighted by atomic mass is 10.1. The summed E-state index contributed by atoms with van der Waals surface area (Å²) in [4.78, 5) is 2.36. The number of hydrogen-bond donors (Lipinski definition) is 2. The molecule has 2 aromatic carbocycles. The van der Waals surface area contributed by atoms with E-state index in [-0.39, 0.29) is 0 Å². The lowest BCUT2D eigenvalue weighted by Gasteiger charge is -2.22. The fraction of sp³-hybridized carbons (Fsp3) is 0.333. The van der Waals surface area contributed by atoms with Gasteiger partial charge in [0.15, 0.2) is 5.11 Å². The third kappa shape index (κ3) is 5.56. The number of rotatable bonds is 7. The Morgan fingerprint density at radius 2 is 1.85 bits per heavy atom. The molecule has 0 radical (unpaired) electrons. The summed E-state index contributed by atoms with van der Waals surface area (Å²) in [5.74, 6) is 0. The molecule has 0 bridgehead atoms. The fourth-order valence-corrected chi connectivity index (χ4v) is 2.88. The number of anilines is 2. The number of thiocarbonyl (C=S) groups is 1. The molecule has 0 unspecified atom stereocenters. The molecule has 0 aliphatic carbocycles. The fourth-order valence-electron chi connectivity index (χ4n) is 2.71. The van der Waals surface area contributed by atoms with Crippen LogP contribution >= 0.6 is 12.2 Å². The highest BCUT2D eigenvalue weighted by molar-refractivity contribution is 7.80. The van der Waals surface area contributed by atoms with Gasteiger partial charge >= 0.3 is 0 Å². The number of hydrazone groups is 1. The van der Waals surface area contributed by atoms with E-state index in [1.165, 1.54) is 16.8 Å². The Labute approximate surface area is 162 Å². The number of benzene rings is 2. The first kappa shape index (κ1) is 19.9. The average molecular weight is 369 g/mol. The molecule has 0 aromatic heterocycles. The van der Waals surface area contributed by atoms with Crippen molar-refractivity contribution in [1.82, 2.24) is 5.43 Å². The van der Waals surface area contributed by atoms with Crippen molar-refractivity contribution in [3.63, 3.8) is 0 Å². The van der Waals surface area contributed by atoms with Crippen LogP contribution < -0.4 is 15.6 Å². The van der Waals surface area contributed by atoms with E-state index in [0.717, 1.165) is 30.8 Å². The average Bonchev–Trinajstić information content (AvgIpc) is 2.64. The molecule has 0 saturated carbocycles. The minimum absolute atomic E-state index is 0.478. The van der Waals surface area contributed by atoms with Crippen molar-refractivity contribution < 1.29 is 0 Å². The molecule has 0 aliphatic heterocycles. The minimum atomic E-state index is 0.478. The molecule has 2 rings (SSSR count). The Hall–Kier alpha value is -2.40. The molecule has 0 amide bonds. The van der Waals surface area contributed by atoms with Crippen LogP contribution in [0, 0.1) is 13.8 Å². The Bertz CT molecular complexity index is 753. The van der Waals surface area contributed by atoms with Crippen molar-refractivity contribution in [2.24, 2.45) is 5.10 Å². The van der Waals surface area contributed by atoms with Crippen LogP contribution in [0.1, 0.15) is 37.0 Å². The van der Waals surface area contributed by atoms with Gasteiger partial charge in [-0.25, -0.2) is 0 Å². The number of hydrogen-bond acceptors (Lipinski definition) is 3. The maximum Gasteiger partial charge on any atom is 0.191 e. The third-order valence-corrected chi connectivity index (χ3v) is 4.56. The van der Waals surface area contributed by atoms with Crippen LogP contribution in [-0.2, 0) is 0 Å². The molecule has 0 heterocycles. The summed E-state index contributed by atoms with van der Waals surface area (Å²) >= 11 is 5.31. The lowest BCUT2D eigenvalue weighted by Crippen LogP contribution is -2.24. The second-order valence-corrected chi connectivity index (χ2v) is 6.65. The highest BCUT2D eigenvalue weighted by atomic mass is 32.1. The number of aryl methyl sites for hydroxylation is 1. The van der Waals surface area contributed by atoms with Crippen molar-refractivity contribution in [1.29, 1.82) is 0 Å². The Kier molecular flexibility index (Phi) is 7.60. The molecule has 0 saturated heterocycles. The zero-order valence-corrected chi connectivity index (χ0v) is 16.9. The van der Waals surface area contributed by atoms with E-state index in [4.69, 9.17) is 12.2 Å². The van der Waals surface area contributed by atoms with Crippen molar-refractivity contribution in [3.8, 4) is 0 Å². The maximum atomic E-state index is 5.31. The van der Waals surface area contributed by atoms with Crippen LogP contribution in [-0.4, -0.2) is 24.4 Å². The van der Waals surface area contributed by atoms with Gasteiger partial charge in [0.1, 0.15) is 0 Å². The van der Waals surface area contributed by atoms with E-state index in [9.17, 15) is 0 Å². The van der Waals surface area contributed by atoms with Crippen molar-refractivity contribution in [2.75, 3.05) is 23.3 Å². The normalized spacial score (nSPS) is 10.8. The van der Waals surface area contributed by atoms with Gasteiger partial charge in [-0.1, -0.05) is 31.2 Å². The highest BCUT2D eigenvalue weighted by Gasteiger charge is 2.03. The van der Waals surface area contributed by atoms with E-state index < -0.39 is 0 Å². The largest absolute Gasteiger partial charge is 0.372 e. The van der Waals surface area contributed by atoms with Gasteiger partial charge in [0, 0.05) is 24.5 Å². The second-order valence-electron chi connectivity index (χ2n) is 6.24. The first-order chi connectivity index (χ1) is 12.5. The molecule has 0 fully saturated rings. The van der Waals surface area contributed by atoms with Gasteiger partial charge in [0.25, 0.3) is 0 Å². The maximum absolute atomic E-state index is 5.31. The van der Waals surface area contributed by atoms with Crippen LogP contribution in [0.15, 0.2) is 47.6 Å². The summed E-state index contributed by atoms with van der Waals surface area (Å²) in [5.41, 5.74) is 8.56. The van der Waals surface area contributed by atoms with Crippen LogP contribution in [0.25, 0.3) is 0 Å². The lowest BCUT2D eigenvalue weighted by molar-refractivity contribution is 0.792. The standard InChI is InChI=1S/C21H28N4S/c1-5-14-25(6-2)19-12-10-18(11-13-19)15-22-24-21(26)23-20-9-7-8-16(3)17(20)4/h7-13,15H,5-6,14H2,1-4H3,(H2,23,24,26)/b22-15-.